The van der Waals surface area contributed by atoms with E-state index in [1.54, 1.807) is 0 Å². The molecule has 1 aliphatic carbocycles. The van der Waals surface area contributed by atoms with E-state index in [0.717, 1.165) is 49.9 Å². The first-order valence-corrected chi connectivity index (χ1v) is 9.51. The third kappa shape index (κ3) is 2.66. The minimum absolute atomic E-state index is 0.262. The van der Waals surface area contributed by atoms with Crippen LogP contribution in [0, 0.1) is 0 Å². The lowest BCUT2D eigenvalue weighted by atomic mass is 9.78. The Labute approximate surface area is 144 Å². The van der Waals surface area contributed by atoms with Crippen LogP contribution in [-0.4, -0.2) is 46.0 Å². The van der Waals surface area contributed by atoms with Gasteiger partial charge in [0.05, 0.1) is 12.6 Å². The van der Waals surface area contributed by atoms with Crippen LogP contribution in [0.2, 0.25) is 0 Å². The van der Waals surface area contributed by atoms with Crippen LogP contribution in [0.15, 0.2) is 24.3 Å². The molecular weight excluding hydrogens is 300 g/mol. The number of aliphatic hydroxyl groups excluding tert-OH is 1. The summed E-state index contributed by atoms with van der Waals surface area (Å²) < 4.78 is 0. The zero-order chi connectivity index (χ0) is 16.6. The molecule has 3 aliphatic rings. The summed E-state index contributed by atoms with van der Waals surface area (Å²) in [6.07, 6.45) is 7.37. The number of hydrogen-bond acceptors (Lipinski definition) is 3. The van der Waals surface area contributed by atoms with Gasteiger partial charge in [-0.25, -0.2) is 0 Å². The van der Waals surface area contributed by atoms with Crippen molar-refractivity contribution in [2.75, 3.05) is 19.6 Å². The van der Waals surface area contributed by atoms with Crippen molar-refractivity contribution < 1.29 is 9.90 Å². The molecule has 4 heteroatoms. The molecule has 1 atom stereocenters. The Morgan fingerprint density at radius 2 is 1.75 bits per heavy atom. The molecule has 4 rings (SSSR count). The Hall–Kier alpha value is -1.39. The first kappa shape index (κ1) is 16.1. The topological polar surface area (TPSA) is 43.8 Å². The molecule has 4 nitrogen and oxygen atoms in total. The number of rotatable bonds is 2. The maximum Gasteiger partial charge on any atom is 0.243 e. The van der Waals surface area contributed by atoms with Crippen LogP contribution in [0.25, 0.3) is 0 Å². The summed E-state index contributed by atoms with van der Waals surface area (Å²) in [6.45, 7) is 3.19. The molecule has 1 aromatic carbocycles. The molecule has 0 radical (unpaired) electrons. The minimum atomic E-state index is -0.557. The first-order chi connectivity index (χ1) is 11.7. The molecular formula is C20H28N2O2. The molecule has 1 amide bonds. The van der Waals surface area contributed by atoms with E-state index in [2.05, 4.69) is 4.90 Å². The molecule has 1 N–H and O–H groups in total. The van der Waals surface area contributed by atoms with E-state index in [4.69, 9.17) is 0 Å². The number of β-amino-alcohol motifs (C(OH)–C–C–N with tert-alkyl or cyclic N) is 1. The smallest absolute Gasteiger partial charge is 0.243 e. The molecule has 2 fully saturated rings. The molecule has 2 heterocycles. The summed E-state index contributed by atoms with van der Waals surface area (Å²) in [4.78, 5) is 18.0. The Kier molecular flexibility index (Phi) is 4.35. The molecule has 1 unspecified atom stereocenters. The Balaban J connectivity index is 1.61. The number of fused-ring (bicyclic) bond motifs is 1. The summed E-state index contributed by atoms with van der Waals surface area (Å²) in [5.74, 6) is 0.262. The molecule has 130 valence electrons. The highest BCUT2D eigenvalue weighted by Crippen LogP contribution is 2.39. The second-order valence-electron chi connectivity index (χ2n) is 7.69. The largest absolute Gasteiger partial charge is 0.387 e. The van der Waals surface area contributed by atoms with E-state index in [9.17, 15) is 9.90 Å². The van der Waals surface area contributed by atoms with Gasteiger partial charge in [-0.2, -0.15) is 0 Å². The SMILES string of the molecule is O=C(N1Cc2ccccc2C(O)C1)C1(N2CCCC2)CCCCC1. The minimum Gasteiger partial charge on any atom is -0.387 e. The zero-order valence-corrected chi connectivity index (χ0v) is 14.4. The molecule has 2 aliphatic heterocycles. The van der Waals surface area contributed by atoms with Gasteiger partial charge in [0, 0.05) is 6.54 Å². The van der Waals surface area contributed by atoms with Crippen molar-refractivity contribution in [3.8, 4) is 0 Å². The highest BCUT2D eigenvalue weighted by atomic mass is 16.3. The van der Waals surface area contributed by atoms with Gasteiger partial charge in [-0.1, -0.05) is 43.5 Å². The highest BCUT2D eigenvalue weighted by Gasteiger charge is 2.48. The molecule has 1 saturated heterocycles. The monoisotopic (exact) mass is 328 g/mol. The normalized spacial score (nSPS) is 27.0. The average molecular weight is 328 g/mol. The van der Waals surface area contributed by atoms with Gasteiger partial charge in [-0.15, -0.1) is 0 Å². The van der Waals surface area contributed by atoms with Gasteiger partial charge < -0.3 is 10.0 Å². The van der Waals surface area contributed by atoms with Gasteiger partial charge in [-0.3, -0.25) is 9.69 Å². The third-order valence-electron chi connectivity index (χ3n) is 6.25. The third-order valence-corrected chi connectivity index (χ3v) is 6.25. The van der Waals surface area contributed by atoms with Crippen LogP contribution in [0.4, 0.5) is 0 Å². The second-order valence-corrected chi connectivity index (χ2v) is 7.69. The van der Waals surface area contributed by atoms with E-state index < -0.39 is 6.10 Å². The van der Waals surface area contributed by atoms with Crippen LogP contribution in [-0.2, 0) is 11.3 Å². The van der Waals surface area contributed by atoms with Gasteiger partial charge >= 0.3 is 0 Å². The lowest BCUT2D eigenvalue weighted by Crippen LogP contribution is -2.60. The Morgan fingerprint density at radius 3 is 2.50 bits per heavy atom. The van der Waals surface area contributed by atoms with Gasteiger partial charge in [0.2, 0.25) is 5.91 Å². The van der Waals surface area contributed by atoms with Crippen LogP contribution < -0.4 is 0 Å². The molecule has 0 aromatic heterocycles. The predicted molar refractivity (Wildman–Crippen MR) is 93.4 cm³/mol. The number of benzene rings is 1. The van der Waals surface area contributed by atoms with Gasteiger partial charge in [0.25, 0.3) is 0 Å². The van der Waals surface area contributed by atoms with E-state index in [-0.39, 0.29) is 11.4 Å². The second kappa shape index (κ2) is 6.49. The Morgan fingerprint density at radius 1 is 1.04 bits per heavy atom. The fourth-order valence-electron chi connectivity index (χ4n) is 4.98. The summed E-state index contributed by atoms with van der Waals surface area (Å²) >= 11 is 0. The van der Waals surface area contributed by atoms with Crippen molar-refractivity contribution >= 4 is 5.91 Å². The van der Waals surface area contributed by atoms with Crippen molar-refractivity contribution in [3.05, 3.63) is 35.4 Å². The number of likely N-dealkylation sites (tertiary alicyclic amines) is 1. The highest BCUT2D eigenvalue weighted by molar-refractivity contribution is 5.87. The van der Waals surface area contributed by atoms with Crippen LogP contribution >= 0.6 is 0 Å². The number of aliphatic hydroxyl groups is 1. The number of amides is 1. The summed E-state index contributed by atoms with van der Waals surface area (Å²) in [6, 6.07) is 7.99. The van der Waals surface area contributed by atoms with E-state index >= 15 is 0 Å². The molecule has 24 heavy (non-hydrogen) atoms. The summed E-state index contributed by atoms with van der Waals surface area (Å²) in [7, 11) is 0. The van der Waals surface area contributed by atoms with Crippen molar-refractivity contribution in [2.24, 2.45) is 0 Å². The zero-order valence-electron chi connectivity index (χ0n) is 14.4. The maximum atomic E-state index is 13.6. The number of nitrogens with zero attached hydrogens (tertiary/aromatic N) is 2. The van der Waals surface area contributed by atoms with Crippen molar-refractivity contribution in [2.45, 2.75) is 63.1 Å². The van der Waals surface area contributed by atoms with E-state index in [0.29, 0.717) is 13.1 Å². The van der Waals surface area contributed by atoms with Crippen molar-refractivity contribution in [1.29, 1.82) is 0 Å². The Bertz CT molecular complexity index is 603. The quantitative estimate of drug-likeness (QED) is 0.908. The lowest BCUT2D eigenvalue weighted by Gasteiger charge is -2.47. The fraction of sp³-hybridized carbons (Fsp3) is 0.650. The van der Waals surface area contributed by atoms with E-state index in [1.807, 2.05) is 29.2 Å². The molecule has 1 aromatic rings. The standard InChI is InChI=1S/C20H28N2O2/c23-18-15-21(14-16-8-2-3-9-17(16)18)19(24)20(10-4-1-5-11-20)22-12-6-7-13-22/h2-3,8-9,18,23H,1,4-7,10-15H2. The number of carbonyl (C=O) groups is 1. The van der Waals surface area contributed by atoms with Crippen LogP contribution in [0.3, 0.4) is 0 Å². The summed E-state index contributed by atoms with van der Waals surface area (Å²) in [5.41, 5.74) is 1.78. The van der Waals surface area contributed by atoms with Crippen molar-refractivity contribution in [1.82, 2.24) is 9.80 Å². The van der Waals surface area contributed by atoms with Gasteiger partial charge in [-0.05, 0) is 49.9 Å². The van der Waals surface area contributed by atoms with Crippen LogP contribution in [0.5, 0.6) is 0 Å². The van der Waals surface area contributed by atoms with Gasteiger partial charge in [0.1, 0.15) is 5.54 Å². The number of carbonyl (C=O) groups excluding carboxylic acids is 1. The predicted octanol–water partition coefficient (Wildman–Crippen LogP) is 2.86. The summed E-state index contributed by atoms with van der Waals surface area (Å²) in [5, 5.41) is 10.5. The number of hydrogen-bond donors (Lipinski definition) is 1. The van der Waals surface area contributed by atoms with E-state index in [1.165, 1.54) is 19.3 Å². The maximum absolute atomic E-state index is 13.6. The lowest BCUT2D eigenvalue weighted by molar-refractivity contribution is -0.149. The average Bonchev–Trinajstić information content (AvgIpc) is 3.17. The molecule has 0 spiro atoms. The molecule has 1 saturated carbocycles. The first-order valence-electron chi connectivity index (χ1n) is 9.51. The molecule has 0 bridgehead atoms. The fourth-order valence-corrected chi connectivity index (χ4v) is 4.98. The van der Waals surface area contributed by atoms with Crippen LogP contribution in [0.1, 0.15) is 62.2 Å². The van der Waals surface area contributed by atoms with Gasteiger partial charge in [0.15, 0.2) is 0 Å². The van der Waals surface area contributed by atoms with Crippen molar-refractivity contribution in [3.63, 3.8) is 0 Å².